The Hall–Kier alpha value is -1.67. The molecule has 8 heteroatoms. The van der Waals surface area contributed by atoms with Crippen molar-refractivity contribution in [2.75, 3.05) is 25.2 Å². The minimum atomic E-state index is -0.597. The van der Waals surface area contributed by atoms with E-state index in [0.29, 0.717) is 24.6 Å². The number of aromatic nitrogens is 3. The summed E-state index contributed by atoms with van der Waals surface area (Å²) in [5.41, 5.74) is 0.932. The third kappa shape index (κ3) is 4.70. The quantitative estimate of drug-likeness (QED) is 0.741. The number of anilines is 1. The van der Waals surface area contributed by atoms with Crippen molar-refractivity contribution in [1.29, 1.82) is 0 Å². The van der Waals surface area contributed by atoms with Gasteiger partial charge in [0.05, 0.1) is 23.8 Å². The van der Waals surface area contributed by atoms with Crippen molar-refractivity contribution in [2.24, 2.45) is 0 Å². The Kier molecular flexibility index (Phi) is 6.05. The molecule has 7 nitrogen and oxygen atoms in total. The van der Waals surface area contributed by atoms with Gasteiger partial charge in [-0.2, -0.15) is 9.61 Å². The van der Waals surface area contributed by atoms with Crippen LogP contribution in [0.5, 0.6) is 0 Å². The molecule has 0 saturated heterocycles. The first-order chi connectivity index (χ1) is 11.6. The third-order valence-corrected chi connectivity index (χ3v) is 3.99. The Bertz CT molecular complexity index is 752. The second-order valence-corrected chi connectivity index (χ2v) is 7.90. The van der Waals surface area contributed by atoms with Crippen LogP contribution in [0.2, 0.25) is 0 Å². The lowest BCUT2D eigenvalue weighted by Crippen LogP contribution is -2.40. The van der Waals surface area contributed by atoms with E-state index in [9.17, 15) is 4.79 Å². The summed E-state index contributed by atoms with van der Waals surface area (Å²) in [7, 11) is 1.60. The van der Waals surface area contributed by atoms with Crippen LogP contribution in [0, 0.1) is 0 Å². The second-order valence-electron chi connectivity index (χ2n) is 7.05. The number of ether oxygens (including phenoxy) is 2. The number of hydrogen-bond acceptors (Lipinski definition) is 5. The van der Waals surface area contributed by atoms with Gasteiger partial charge in [-0.1, -0.05) is 13.8 Å². The van der Waals surface area contributed by atoms with Crippen LogP contribution in [0.15, 0.2) is 16.7 Å². The van der Waals surface area contributed by atoms with Crippen LogP contribution in [0.3, 0.4) is 0 Å². The number of methoxy groups -OCH3 is 1. The Morgan fingerprint density at radius 2 is 2.08 bits per heavy atom. The fourth-order valence-electron chi connectivity index (χ4n) is 2.23. The number of fused-ring (bicyclic) bond motifs is 1. The summed E-state index contributed by atoms with van der Waals surface area (Å²) in [5, 5.41) is 4.34. The number of nitrogens with zero attached hydrogens (tertiary/aromatic N) is 4. The summed E-state index contributed by atoms with van der Waals surface area (Å²) in [6.45, 7) is 10.4. The van der Waals surface area contributed by atoms with Crippen molar-refractivity contribution in [3.05, 3.63) is 22.4 Å². The highest BCUT2D eigenvalue weighted by Gasteiger charge is 2.26. The standard InChI is InChI=1S/C17H25BrN4O3/c1-11(2)13-9-14(22-15(20-13)12(18)10-19-22)21(7-8-24-6)16(23)25-17(3,4)5/h9-11H,7-8H2,1-6H3. The van der Waals surface area contributed by atoms with Gasteiger partial charge in [0.15, 0.2) is 5.65 Å². The summed E-state index contributed by atoms with van der Waals surface area (Å²) < 4.78 is 13.1. The number of hydrogen-bond donors (Lipinski definition) is 0. The van der Waals surface area contributed by atoms with Crippen molar-refractivity contribution in [3.8, 4) is 0 Å². The highest BCUT2D eigenvalue weighted by atomic mass is 79.9. The Morgan fingerprint density at radius 3 is 2.64 bits per heavy atom. The average Bonchev–Trinajstić information content (AvgIpc) is 2.87. The molecule has 0 radical (unpaired) electrons. The molecule has 0 N–H and O–H groups in total. The summed E-state index contributed by atoms with van der Waals surface area (Å²) in [5.74, 6) is 0.805. The van der Waals surface area contributed by atoms with Crippen molar-refractivity contribution < 1.29 is 14.3 Å². The van der Waals surface area contributed by atoms with Crippen LogP contribution in [-0.4, -0.2) is 46.6 Å². The molecule has 0 aliphatic rings. The molecule has 1 amide bonds. The zero-order chi connectivity index (χ0) is 18.8. The van der Waals surface area contributed by atoms with E-state index in [-0.39, 0.29) is 5.92 Å². The molecule has 2 rings (SSSR count). The molecule has 0 spiro atoms. The number of carbonyl (C=O) groups is 1. The van der Waals surface area contributed by atoms with Crippen molar-refractivity contribution in [1.82, 2.24) is 14.6 Å². The molecule has 0 fully saturated rings. The number of halogens is 1. The van der Waals surface area contributed by atoms with Crippen LogP contribution in [0.1, 0.15) is 46.2 Å². The largest absolute Gasteiger partial charge is 0.443 e. The maximum atomic E-state index is 12.8. The molecule has 0 bridgehead atoms. The lowest BCUT2D eigenvalue weighted by Gasteiger charge is -2.27. The Labute approximate surface area is 156 Å². The molecule has 25 heavy (non-hydrogen) atoms. The van der Waals surface area contributed by atoms with Gasteiger partial charge in [0.25, 0.3) is 0 Å². The second kappa shape index (κ2) is 7.70. The van der Waals surface area contributed by atoms with Crippen LogP contribution in [0.4, 0.5) is 10.6 Å². The molecule has 0 atom stereocenters. The van der Waals surface area contributed by atoms with E-state index < -0.39 is 11.7 Å². The molecule has 0 saturated carbocycles. The first-order valence-corrected chi connectivity index (χ1v) is 8.97. The molecule has 0 unspecified atom stereocenters. The monoisotopic (exact) mass is 412 g/mol. The van der Waals surface area contributed by atoms with Gasteiger partial charge in [0.2, 0.25) is 0 Å². The van der Waals surface area contributed by atoms with E-state index in [0.717, 1.165) is 10.2 Å². The summed E-state index contributed by atoms with van der Waals surface area (Å²) >= 11 is 3.47. The first-order valence-electron chi connectivity index (χ1n) is 8.17. The van der Waals surface area contributed by atoms with Gasteiger partial charge in [-0.25, -0.2) is 9.78 Å². The fraction of sp³-hybridized carbons (Fsp3) is 0.588. The Morgan fingerprint density at radius 1 is 1.40 bits per heavy atom. The predicted molar refractivity (Wildman–Crippen MR) is 100 cm³/mol. The molecule has 2 aromatic heterocycles. The van der Waals surface area contributed by atoms with Gasteiger partial charge in [-0.05, 0) is 42.6 Å². The van der Waals surface area contributed by atoms with E-state index in [1.807, 2.05) is 26.8 Å². The van der Waals surface area contributed by atoms with Crippen molar-refractivity contribution >= 4 is 33.5 Å². The van der Waals surface area contributed by atoms with Crippen molar-refractivity contribution in [2.45, 2.75) is 46.1 Å². The van der Waals surface area contributed by atoms with Gasteiger partial charge in [-0.15, -0.1) is 0 Å². The third-order valence-electron chi connectivity index (χ3n) is 3.43. The first kappa shape index (κ1) is 19.7. The number of amides is 1. The van der Waals surface area contributed by atoms with E-state index in [2.05, 4.69) is 39.9 Å². The van der Waals surface area contributed by atoms with Gasteiger partial charge < -0.3 is 9.47 Å². The maximum absolute atomic E-state index is 12.8. The van der Waals surface area contributed by atoms with Crippen LogP contribution < -0.4 is 4.90 Å². The normalized spacial score (nSPS) is 12.0. The van der Waals surface area contributed by atoms with Gasteiger partial charge in [-0.3, -0.25) is 4.90 Å². The van der Waals surface area contributed by atoms with E-state index >= 15 is 0 Å². The zero-order valence-electron chi connectivity index (χ0n) is 15.5. The highest BCUT2D eigenvalue weighted by molar-refractivity contribution is 9.10. The lowest BCUT2D eigenvalue weighted by atomic mass is 10.1. The average molecular weight is 413 g/mol. The highest BCUT2D eigenvalue weighted by Crippen LogP contribution is 2.27. The topological polar surface area (TPSA) is 69.0 Å². The summed E-state index contributed by atoms with van der Waals surface area (Å²) in [6.07, 6.45) is 1.22. The molecule has 2 aromatic rings. The summed E-state index contributed by atoms with van der Waals surface area (Å²) in [6, 6.07) is 1.87. The van der Waals surface area contributed by atoms with E-state index in [1.54, 1.807) is 17.8 Å². The molecule has 138 valence electrons. The van der Waals surface area contributed by atoms with Crippen LogP contribution in [0.25, 0.3) is 5.65 Å². The maximum Gasteiger partial charge on any atom is 0.416 e. The minimum Gasteiger partial charge on any atom is -0.443 e. The van der Waals surface area contributed by atoms with Gasteiger partial charge in [0.1, 0.15) is 11.4 Å². The molecular weight excluding hydrogens is 388 g/mol. The SMILES string of the molecule is COCCN(C(=O)OC(C)(C)C)c1cc(C(C)C)nc2c(Br)cnn12. The molecule has 0 aromatic carbocycles. The van der Waals surface area contributed by atoms with Gasteiger partial charge in [0, 0.05) is 18.9 Å². The molecule has 2 heterocycles. The number of carbonyl (C=O) groups excluding carboxylic acids is 1. The van der Waals surface area contributed by atoms with Crippen LogP contribution >= 0.6 is 15.9 Å². The number of rotatable bonds is 5. The predicted octanol–water partition coefficient (Wildman–Crippen LogP) is 4.00. The smallest absolute Gasteiger partial charge is 0.416 e. The lowest BCUT2D eigenvalue weighted by molar-refractivity contribution is 0.0567. The van der Waals surface area contributed by atoms with E-state index in [4.69, 9.17) is 9.47 Å². The molecular formula is C17H25BrN4O3. The van der Waals surface area contributed by atoms with Gasteiger partial charge >= 0.3 is 6.09 Å². The zero-order valence-corrected chi connectivity index (χ0v) is 17.1. The molecule has 0 aliphatic heterocycles. The summed E-state index contributed by atoms with van der Waals surface area (Å²) in [4.78, 5) is 18.9. The molecule has 0 aliphatic carbocycles. The minimum absolute atomic E-state index is 0.202. The van der Waals surface area contributed by atoms with Crippen LogP contribution in [-0.2, 0) is 9.47 Å². The fourth-order valence-corrected chi connectivity index (χ4v) is 2.57. The van der Waals surface area contributed by atoms with Crippen molar-refractivity contribution in [3.63, 3.8) is 0 Å². The Balaban J connectivity index is 2.57. The van der Waals surface area contributed by atoms with E-state index in [1.165, 1.54) is 4.90 Å².